The van der Waals surface area contributed by atoms with Gasteiger partial charge < -0.3 is 10.5 Å². The van der Waals surface area contributed by atoms with E-state index in [0.717, 1.165) is 18.5 Å². The van der Waals surface area contributed by atoms with Crippen LogP contribution in [-0.2, 0) is 6.61 Å². The van der Waals surface area contributed by atoms with Crippen LogP contribution >= 0.6 is 0 Å². The number of nitrogen functional groups attached to an aromatic ring is 1. The van der Waals surface area contributed by atoms with Gasteiger partial charge in [-0.1, -0.05) is 13.8 Å². The van der Waals surface area contributed by atoms with Crippen LogP contribution in [0.2, 0.25) is 0 Å². The monoisotopic (exact) mass is 260 g/mol. The number of aromatic nitrogens is 3. The molecule has 19 heavy (non-hydrogen) atoms. The third kappa shape index (κ3) is 3.24. The zero-order valence-corrected chi connectivity index (χ0v) is 11.4. The lowest BCUT2D eigenvalue weighted by molar-refractivity contribution is 0.298. The topological polar surface area (TPSA) is 66.0 Å². The number of hydrogen-bond acceptors (Lipinski definition) is 4. The number of rotatable bonds is 6. The van der Waals surface area contributed by atoms with E-state index in [1.807, 2.05) is 16.9 Å². The second kappa shape index (κ2) is 6.22. The molecule has 0 aliphatic heterocycles. The minimum absolute atomic E-state index is 0.405. The Bertz CT molecular complexity index is 520. The van der Waals surface area contributed by atoms with Crippen molar-refractivity contribution in [3.63, 3.8) is 0 Å². The van der Waals surface area contributed by atoms with E-state index in [-0.39, 0.29) is 0 Å². The number of hydrogen-bond donors (Lipinski definition) is 1. The van der Waals surface area contributed by atoms with E-state index >= 15 is 0 Å². The normalized spacial score (nSPS) is 10.9. The van der Waals surface area contributed by atoms with Crippen molar-refractivity contribution in [3.8, 4) is 5.75 Å². The number of pyridine rings is 1. The third-order valence-corrected chi connectivity index (χ3v) is 3.16. The molecule has 5 nitrogen and oxygen atoms in total. The Kier molecular flexibility index (Phi) is 4.39. The molecule has 0 radical (unpaired) electrons. The molecule has 0 unspecified atom stereocenters. The lowest BCUT2D eigenvalue weighted by Gasteiger charge is -2.12. The predicted molar refractivity (Wildman–Crippen MR) is 74.8 cm³/mol. The number of nitrogens with two attached hydrogens (primary N) is 1. The zero-order chi connectivity index (χ0) is 13.7. The first-order valence-corrected chi connectivity index (χ1v) is 6.61. The first-order chi connectivity index (χ1) is 9.24. The quantitative estimate of drug-likeness (QED) is 0.867. The van der Waals surface area contributed by atoms with E-state index in [0.29, 0.717) is 24.2 Å². The molecule has 0 fully saturated rings. The molecule has 0 aliphatic rings. The van der Waals surface area contributed by atoms with Crippen molar-refractivity contribution in [1.29, 1.82) is 0 Å². The summed E-state index contributed by atoms with van der Waals surface area (Å²) in [6.45, 7) is 4.74. The highest BCUT2D eigenvalue weighted by atomic mass is 16.5. The molecule has 2 N–H and O–H groups in total. The number of ether oxygens (including phenoxy) is 1. The summed E-state index contributed by atoms with van der Waals surface area (Å²) in [5.41, 5.74) is 6.62. The summed E-state index contributed by atoms with van der Waals surface area (Å²) in [5, 5.41) is 4.53. The summed E-state index contributed by atoms with van der Waals surface area (Å²) in [6, 6.07) is 6.04. The minimum Gasteiger partial charge on any atom is -0.483 e. The SMILES string of the molecule is CCC(CC)n1ccc(COc2cccnc2N)n1. The van der Waals surface area contributed by atoms with E-state index in [1.165, 1.54) is 0 Å². The molecule has 0 saturated carbocycles. The average Bonchev–Trinajstić information content (AvgIpc) is 2.88. The van der Waals surface area contributed by atoms with E-state index in [1.54, 1.807) is 18.3 Å². The Hall–Kier alpha value is -2.04. The molecule has 0 spiro atoms. The van der Waals surface area contributed by atoms with Gasteiger partial charge in [0.15, 0.2) is 11.6 Å². The van der Waals surface area contributed by atoms with E-state index in [2.05, 4.69) is 23.9 Å². The molecule has 2 aromatic heterocycles. The van der Waals surface area contributed by atoms with Crippen LogP contribution in [0.15, 0.2) is 30.6 Å². The summed E-state index contributed by atoms with van der Waals surface area (Å²) in [4.78, 5) is 3.98. The van der Waals surface area contributed by atoms with Crippen molar-refractivity contribution in [2.45, 2.75) is 39.3 Å². The standard InChI is InChI=1S/C14H20N4O/c1-3-12(4-2)18-9-7-11(17-18)10-19-13-6-5-8-16-14(13)15/h5-9,12H,3-4,10H2,1-2H3,(H2,15,16). The minimum atomic E-state index is 0.405. The molecule has 2 heterocycles. The third-order valence-electron chi connectivity index (χ3n) is 3.16. The van der Waals surface area contributed by atoms with E-state index in [4.69, 9.17) is 10.5 Å². The predicted octanol–water partition coefficient (Wildman–Crippen LogP) is 2.80. The second-order valence-corrected chi connectivity index (χ2v) is 4.43. The lowest BCUT2D eigenvalue weighted by Crippen LogP contribution is -2.08. The van der Waals surface area contributed by atoms with Crippen molar-refractivity contribution >= 4 is 5.82 Å². The average molecular weight is 260 g/mol. The van der Waals surface area contributed by atoms with Gasteiger partial charge in [0.1, 0.15) is 6.61 Å². The summed E-state index contributed by atoms with van der Waals surface area (Å²) < 4.78 is 7.63. The maximum Gasteiger partial charge on any atom is 0.166 e. The van der Waals surface area contributed by atoms with Crippen molar-refractivity contribution in [2.24, 2.45) is 0 Å². The first-order valence-electron chi connectivity index (χ1n) is 6.61. The molecule has 5 heteroatoms. The molecule has 0 saturated heterocycles. The maximum absolute atomic E-state index is 5.72. The number of nitrogens with zero attached hydrogens (tertiary/aromatic N) is 3. The highest BCUT2D eigenvalue weighted by Crippen LogP contribution is 2.19. The number of anilines is 1. The fraction of sp³-hybridized carbons (Fsp3) is 0.429. The Morgan fingerprint density at radius 2 is 2.11 bits per heavy atom. The largest absolute Gasteiger partial charge is 0.483 e. The Morgan fingerprint density at radius 3 is 2.79 bits per heavy atom. The molecule has 2 rings (SSSR count). The molecule has 0 aromatic carbocycles. The molecule has 0 atom stereocenters. The Balaban J connectivity index is 1.99. The van der Waals surface area contributed by atoms with Gasteiger partial charge in [0.05, 0.1) is 11.7 Å². The van der Waals surface area contributed by atoms with E-state index in [9.17, 15) is 0 Å². The molecule has 2 aromatic rings. The van der Waals surface area contributed by atoms with Gasteiger partial charge in [0.25, 0.3) is 0 Å². The van der Waals surface area contributed by atoms with Crippen LogP contribution in [0, 0.1) is 0 Å². The van der Waals surface area contributed by atoms with Gasteiger partial charge in [-0.25, -0.2) is 4.98 Å². The Labute approximate surface area is 113 Å². The van der Waals surface area contributed by atoms with Crippen LogP contribution in [0.25, 0.3) is 0 Å². The van der Waals surface area contributed by atoms with Crippen LogP contribution in [0.1, 0.15) is 38.4 Å². The molecular weight excluding hydrogens is 240 g/mol. The molecule has 102 valence electrons. The van der Waals surface area contributed by atoms with Gasteiger partial charge in [0, 0.05) is 12.4 Å². The van der Waals surface area contributed by atoms with E-state index < -0.39 is 0 Å². The molecular formula is C14H20N4O. The van der Waals surface area contributed by atoms with Crippen LogP contribution in [0.4, 0.5) is 5.82 Å². The lowest BCUT2D eigenvalue weighted by atomic mass is 10.2. The highest BCUT2D eigenvalue weighted by molar-refractivity contribution is 5.44. The zero-order valence-electron chi connectivity index (χ0n) is 11.4. The summed E-state index contributed by atoms with van der Waals surface area (Å²) >= 11 is 0. The van der Waals surface area contributed by atoms with Gasteiger partial charge in [0.2, 0.25) is 0 Å². The smallest absolute Gasteiger partial charge is 0.166 e. The summed E-state index contributed by atoms with van der Waals surface area (Å²) in [5.74, 6) is 1.00. The molecule has 0 aliphatic carbocycles. The molecule has 0 amide bonds. The molecule has 0 bridgehead atoms. The van der Waals surface area contributed by atoms with Crippen molar-refractivity contribution in [2.75, 3.05) is 5.73 Å². The summed E-state index contributed by atoms with van der Waals surface area (Å²) in [7, 11) is 0. The fourth-order valence-corrected chi connectivity index (χ4v) is 2.00. The van der Waals surface area contributed by atoms with Gasteiger partial charge in [-0.2, -0.15) is 5.10 Å². The van der Waals surface area contributed by atoms with Crippen LogP contribution in [-0.4, -0.2) is 14.8 Å². The van der Waals surface area contributed by atoms with Crippen LogP contribution in [0.3, 0.4) is 0 Å². The maximum atomic E-state index is 5.72. The highest BCUT2D eigenvalue weighted by Gasteiger charge is 2.08. The first kappa shape index (κ1) is 13.4. The van der Waals surface area contributed by atoms with Gasteiger partial charge in [-0.3, -0.25) is 4.68 Å². The van der Waals surface area contributed by atoms with Crippen molar-refractivity contribution in [3.05, 3.63) is 36.3 Å². The second-order valence-electron chi connectivity index (χ2n) is 4.43. The van der Waals surface area contributed by atoms with Gasteiger partial charge in [-0.15, -0.1) is 0 Å². The van der Waals surface area contributed by atoms with Gasteiger partial charge in [-0.05, 0) is 31.0 Å². The van der Waals surface area contributed by atoms with Crippen molar-refractivity contribution in [1.82, 2.24) is 14.8 Å². The van der Waals surface area contributed by atoms with Crippen LogP contribution < -0.4 is 10.5 Å². The summed E-state index contributed by atoms with van der Waals surface area (Å²) in [6.07, 6.45) is 5.80. The van der Waals surface area contributed by atoms with Crippen LogP contribution in [0.5, 0.6) is 5.75 Å². The fourth-order valence-electron chi connectivity index (χ4n) is 2.00. The van der Waals surface area contributed by atoms with Gasteiger partial charge >= 0.3 is 0 Å². The van der Waals surface area contributed by atoms with Crippen molar-refractivity contribution < 1.29 is 4.74 Å². The Morgan fingerprint density at radius 1 is 1.32 bits per heavy atom.